The third-order valence-corrected chi connectivity index (χ3v) is 5.80. The van der Waals surface area contributed by atoms with Crippen molar-refractivity contribution in [3.8, 4) is 0 Å². The summed E-state index contributed by atoms with van der Waals surface area (Å²) in [6, 6.07) is 8.57. The van der Waals surface area contributed by atoms with E-state index < -0.39 is 10.0 Å². The highest BCUT2D eigenvalue weighted by Gasteiger charge is 2.28. The number of furan rings is 1. The molecule has 0 amide bonds. The number of hydrogen-bond donors (Lipinski definition) is 1. The monoisotopic (exact) mass is 373 g/mol. The second-order valence-corrected chi connectivity index (χ2v) is 7.07. The van der Waals surface area contributed by atoms with E-state index in [0.717, 1.165) is 5.56 Å². The van der Waals surface area contributed by atoms with Crippen molar-refractivity contribution in [1.82, 2.24) is 0 Å². The number of anilines is 1. The van der Waals surface area contributed by atoms with Gasteiger partial charge in [-0.15, -0.1) is 0 Å². The van der Waals surface area contributed by atoms with Crippen LogP contribution in [0.4, 0.5) is 5.69 Å². The SMILES string of the molecule is CCN(c1ccc(C)cc1)S(=O)(=O)c1cc(CO)oc1Br. The molecule has 0 aliphatic carbocycles. The van der Waals surface area contributed by atoms with Crippen molar-refractivity contribution in [3.63, 3.8) is 0 Å². The average Bonchev–Trinajstić information content (AvgIpc) is 2.83. The zero-order valence-corrected chi connectivity index (χ0v) is 14.1. The van der Waals surface area contributed by atoms with Gasteiger partial charge >= 0.3 is 0 Å². The Morgan fingerprint density at radius 1 is 1.29 bits per heavy atom. The smallest absolute Gasteiger partial charge is 0.268 e. The van der Waals surface area contributed by atoms with Gasteiger partial charge in [0.25, 0.3) is 10.0 Å². The highest BCUT2D eigenvalue weighted by atomic mass is 79.9. The summed E-state index contributed by atoms with van der Waals surface area (Å²) in [6.45, 7) is 3.63. The summed E-state index contributed by atoms with van der Waals surface area (Å²) in [5, 5.41) is 9.06. The van der Waals surface area contributed by atoms with Crippen LogP contribution < -0.4 is 4.31 Å². The second-order valence-electron chi connectivity index (χ2n) is 4.51. The van der Waals surface area contributed by atoms with Crippen molar-refractivity contribution in [3.05, 3.63) is 46.3 Å². The molecule has 0 spiro atoms. The number of sulfonamides is 1. The van der Waals surface area contributed by atoms with E-state index in [2.05, 4.69) is 15.9 Å². The normalized spacial score (nSPS) is 11.6. The van der Waals surface area contributed by atoms with Crippen molar-refractivity contribution in [2.75, 3.05) is 10.8 Å². The van der Waals surface area contributed by atoms with Crippen molar-refractivity contribution < 1.29 is 17.9 Å². The summed E-state index contributed by atoms with van der Waals surface area (Å²) >= 11 is 3.09. The molecule has 0 aliphatic heterocycles. The highest BCUT2D eigenvalue weighted by Crippen LogP contribution is 2.31. The molecule has 0 saturated heterocycles. The molecule has 1 aromatic carbocycles. The molecule has 21 heavy (non-hydrogen) atoms. The molecule has 0 fully saturated rings. The first-order valence-corrected chi connectivity index (χ1v) is 8.62. The van der Waals surface area contributed by atoms with E-state index in [1.54, 1.807) is 19.1 Å². The Hall–Kier alpha value is -1.31. The van der Waals surface area contributed by atoms with Crippen LogP contribution >= 0.6 is 15.9 Å². The maximum Gasteiger partial charge on any atom is 0.268 e. The zero-order valence-electron chi connectivity index (χ0n) is 11.7. The van der Waals surface area contributed by atoms with E-state index in [0.29, 0.717) is 5.69 Å². The minimum Gasteiger partial charge on any atom is -0.450 e. The Morgan fingerprint density at radius 3 is 2.38 bits per heavy atom. The van der Waals surface area contributed by atoms with Gasteiger partial charge in [-0.1, -0.05) is 17.7 Å². The molecule has 0 saturated carbocycles. The third-order valence-electron chi connectivity index (χ3n) is 3.04. The van der Waals surface area contributed by atoms with Crippen LogP contribution in [0, 0.1) is 6.92 Å². The Morgan fingerprint density at radius 2 is 1.90 bits per heavy atom. The van der Waals surface area contributed by atoms with E-state index in [9.17, 15) is 8.42 Å². The van der Waals surface area contributed by atoms with Crippen molar-refractivity contribution >= 4 is 31.6 Å². The fourth-order valence-corrected chi connectivity index (χ4v) is 4.41. The summed E-state index contributed by atoms with van der Waals surface area (Å²) in [7, 11) is -3.76. The quantitative estimate of drug-likeness (QED) is 0.873. The number of aliphatic hydroxyl groups is 1. The van der Waals surface area contributed by atoms with Crippen LogP contribution in [0.3, 0.4) is 0 Å². The van der Waals surface area contributed by atoms with Crippen molar-refractivity contribution in [2.45, 2.75) is 25.3 Å². The van der Waals surface area contributed by atoms with Crippen LogP contribution in [0.5, 0.6) is 0 Å². The molecule has 0 atom stereocenters. The van der Waals surface area contributed by atoms with Gasteiger partial charge in [0.2, 0.25) is 0 Å². The molecule has 5 nitrogen and oxygen atoms in total. The maximum absolute atomic E-state index is 12.8. The number of aryl methyl sites for hydroxylation is 1. The van der Waals surface area contributed by atoms with Gasteiger partial charge < -0.3 is 9.52 Å². The molecule has 1 N–H and O–H groups in total. The lowest BCUT2D eigenvalue weighted by Crippen LogP contribution is -2.30. The Bertz CT molecular complexity index is 722. The predicted molar refractivity (Wildman–Crippen MR) is 83.7 cm³/mol. The van der Waals surface area contributed by atoms with E-state index in [-0.39, 0.29) is 28.5 Å². The second kappa shape index (κ2) is 6.21. The fraction of sp³-hybridized carbons (Fsp3) is 0.286. The summed E-state index contributed by atoms with van der Waals surface area (Å²) in [5.41, 5.74) is 1.64. The van der Waals surface area contributed by atoms with Gasteiger partial charge in [0.05, 0.1) is 5.69 Å². The lowest BCUT2D eigenvalue weighted by atomic mass is 10.2. The zero-order chi connectivity index (χ0) is 15.6. The fourth-order valence-electron chi connectivity index (χ4n) is 1.97. The lowest BCUT2D eigenvalue weighted by molar-refractivity contribution is 0.245. The number of halogens is 1. The summed E-state index contributed by atoms with van der Waals surface area (Å²) in [4.78, 5) is 0.00831. The predicted octanol–water partition coefficient (Wildman–Crippen LogP) is 3.06. The standard InChI is InChI=1S/C14H16BrNO4S/c1-3-16(11-6-4-10(2)5-7-11)21(18,19)13-8-12(9-17)20-14(13)15/h4-8,17H,3,9H2,1-2H3. The van der Waals surface area contributed by atoms with Gasteiger partial charge in [-0.05, 0) is 41.9 Å². The van der Waals surface area contributed by atoms with Gasteiger partial charge in [0, 0.05) is 12.6 Å². The topological polar surface area (TPSA) is 70.8 Å². The van der Waals surface area contributed by atoms with Gasteiger partial charge in [0.1, 0.15) is 17.3 Å². The first-order valence-electron chi connectivity index (χ1n) is 6.38. The summed E-state index contributed by atoms with van der Waals surface area (Å²) < 4.78 is 32.1. The maximum atomic E-state index is 12.8. The Labute approximate surface area is 132 Å². The van der Waals surface area contributed by atoms with Crippen LogP contribution in [0.25, 0.3) is 0 Å². The molecule has 7 heteroatoms. The van der Waals surface area contributed by atoms with Crippen LogP contribution in [-0.4, -0.2) is 20.1 Å². The molecule has 0 radical (unpaired) electrons. The van der Waals surface area contributed by atoms with Crippen LogP contribution in [0.2, 0.25) is 0 Å². The largest absolute Gasteiger partial charge is 0.450 e. The van der Waals surface area contributed by atoms with Gasteiger partial charge in [-0.25, -0.2) is 8.42 Å². The molecule has 1 aromatic heterocycles. The number of nitrogens with zero attached hydrogens (tertiary/aromatic N) is 1. The van der Waals surface area contributed by atoms with Gasteiger partial charge in [-0.2, -0.15) is 0 Å². The number of aliphatic hydroxyl groups excluding tert-OH is 1. The number of hydrogen-bond acceptors (Lipinski definition) is 4. The molecular formula is C14H16BrNO4S. The minimum atomic E-state index is -3.76. The molecule has 2 aromatic rings. The van der Waals surface area contributed by atoms with E-state index in [1.807, 2.05) is 19.1 Å². The Balaban J connectivity index is 2.49. The molecule has 0 bridgehead atoms. The lowest BCUT2D eigenvalue weighted by Gasteiger charge is -2.22. The van der Waals surface area contributed by atoms with Crippen LogP contribution in [-0.2, 0) is 16.6 Å². The molecule has 1 heterocycles. The molecule has 2 rings (SSSR count). The first-order chi connectivity index (χ1) is 9.90. The van der Waals surface area contributed by atoms with E-state index in [4.69, 9.17) is 9.52 Å². The van der Waals surface area contributed by atoms with Gasteiger partial charge in [-0.3, -0.25) is 4.31 Å². The number of benzene rings is 1. The van der Waals surface area contributed by atoms with E-state index in [1.165, 1.54) is 10.4 Å². The third kappa shape index (κ3) is 3.14. The molecular weight excluding hydrogens is 358 g/mol. The highest BCUT2D eigenvalue weighted by molar-refractivity contribution is 9.10. The average molecular weight is 374 g/mol. The molecule has 114 valence electrons. The van der Waals surface area contributed by atoms with Crippen LogP contribution in [0.15, 0.2) is 44.3 Å². The molecule has 0 unspecified atom stereocenters. The minimum absolute atomic E-state index is 0.00831. The molecule has 0 aliphatic rings. The van der Waals surface area contributed by atoms with Crippen LogP contribution in [0.1, 0.15) is 18.2 Å². The summed E-state index contributed by atoms with van der Waals surface area (Å²) in [6.07, 6.45) is 0. The van der Waals surface area contributed by atoms with Crippen molar-refractivity contribution in [2.24, 2.45) is 0 Å². The number of rotatable bonds is 5. The first kappa shape index (κ1) is 16.1. The summed E-state index contributed by atoms with van der Waals surface area (Å²) in [5.74, 6) is 0.195. The van der Waals surface area contributed by atoms with Crippen molar-refractivity contribution in [1.29, 1.82) is 0 Å². The van der Waals surface area contributed by atoms with Gasteiger partial charge in [0.15, 0.2) is 4.67 Å². The Kier molecular flexibility index (Phi) is 4.75. The van der Waals surface area contributed by atoms with E-state index >= 15 is 0 Å².